The molecule has 7 nitrogen and oxygen atoms in total. The molecule has 0 radical (unpaired) electrons. The fourth-order valence-corrected chi connectivity index (χ4v) is 3.36. The Morgan fingerprint density at radius 1 is 1.16 bits per heavy atom. The van der Waals surface area contributed by atoms with Gasteiger partial charge in [-0.25, -0.2) is 4.39 Å². The van der Waals surface area contributed by atoms with E-state index in [-0.39, 0.29) is 16.8 Å². The van der Waals surface area contributed by atoms with E-state index in [2.05, 4.69) is 5.32 Å². The first-order valence-electron chi connectivity index (χ1n) is 9.61. The summed E-state index contributed by atoms with van der Waals surface area (Å²) in [5.74, 6) is -1.71. The zero-order chi connectivity index (χ0) is 23.4. The van der Waals surface area contributed by atoms with Gasteiger partial charge in [-0.15, -0.1) is 0 Å². The Morgan fingerprint density at radius 3 is 2.44 bits per heavy atom. The zero-order valence-corrected chi connectivity index (χ0v) is 17.8. The third-order valence-electron chi connectivity index (χ3n) is 4.96. The number of nitrogens with two attached hydrogens (primary N) is 1. The average molecular weight is 432 g/mol. The molecule has 162 valence electrons. The maximum Gasteiger partial charge on any atom is 0.266 e. The molecule has 3 N–H and O–H groups in total. The van der Waals surface area contributed by atoms with Crippen LogP contribution in [0.4, 0.5) is 10.1 Å². The number of hydrogen-bond donors (Lipinski definition) is 2. The van der Waals surface area contributed by atoms with Crippen molar-refractivity contribution in [3.8, 4) is 17.5 Å². The number of anilines is 1. The van der Waals surface area contributed by atoms with Crippen LogP contribution in [0.1, 0.15) is 27.3 Å². The third-order valence-corrected chi connectivity index (χ3v) is 4.96. The minimum absolute atomic E-state index is 0.148. The Labute approximate surface area is 184 Å². The van der Waals surface area contributed by atoms with Crippen LogP contribution in [0.5, 0.6) is 5.75 Å². The summed E-state index contributed by atoms with van der Waals surface area (Å²) in [6.45, 7) is 3.81. The van der Waals surface area contributed by atoms with E-state index in [1.807, 2.05) is 54.8 Å². The molecule has 32 heavy (non-hydrogen) atoms. The lowest BCUT2D eigenvalue weighted by atomic mass is 10.1. The summed E-state index contributed by atoms with van der Waals surface area (Å²) in [5.41, 5.74) is 8.15. The number of carbonyl (C=O) groups is 2. The van der Waals surface area contributed by atoms with Gasteiger partial charge in [0, 0.05) is 22.8 Å². The van der Waals surface area contributed by atoms with Crippen LogP contribution in [0.25, 0.3) is 11.8 Å². The van der Waals surface area contributed by atoms with Gasteiger partial charge in [-0.2, -0.15) is 5.26 Å². The molecular weight excluding hydrogens is 411 g/mol. The van der Waals surface area contributed by atoms with E-state index in [9.17, 15) is 19.2 Å². The molecule has 0 spiro atoms. The molecule has 1 aromatic heterocycles. The number of amides is 2. The predicted molar refractivity (Wildman–Crippen MR) is 119 cm³/mol. The van der Waals surface area contributed by atoms with E-state index in [4.69, 9.17) is 10.5 Å². The Hall–Kier alpha value is -4.38. The van der Waals surface area contributed by atoms with Gasteiger partial charge in [0.15, 0.2) is 0 Å². The van der Waals surface area contributed by atoms with Crippen molar-refractivity contribution in [2.24, 2.45) is 5.73 Å². The fourth-order valence-electron chi connectivity index (χ4n) is 3.36. The van der Waals surface area contributed by atoms with Crippen molar-refractivity contribution in [2.45, 2.75) is 13.8 Å². The van der Waals surface area contributed by atoms with Crippen LogP contribution in [0.15, 0.2) is 54.1 Å². The van der Waals surface area contributed by atoms with Crippen LogP contribution in [0, 0.1) is 31.0 Å². The molecule has 0 aliphatic heterocycles. The number of rotatable bonds is 6. The molecule has 0 aliphatic carbocycles. The van der Waals surface area contributed by atoms with E-state index in [1.165, 1.54) is 12.1 Å². The van der Waals surface area contributed by atoms with Crippen molar-refractivity contribution in [1.29, 1.82) is 5.26 Å². The Morgan fingerprint density at radius 2 is 1.84 bits per heavy atom. The lowest BCUT2D eigenvalue weighted by molar-refractivity contribution is -0.112. The fraction of sp³-hybridized carbons (Fsp3) is 0.125. The Bertz CT molecular complexity index is 1270. The van der Waals surface area contributed by atoms with Crippen molar-refractivity contribution >= 4 is 23.6 Å². The summed E-state index contributed by atoms with van der Waals surface area (Å²) in [5, 5.41) is 12.0. The first-order chi connectivity index (χ1) is 15.2. The van der Waals surface area contributed by atoms with Crippen LogP contribution in [0.2, 0.25) is 0 Å². The molecular formula is C24H21FN4O3. The summed E-state index contributed by atoms with van der Waals surface area (Å²) in [6.07, 6.45) is 1.48. The number of nitrogens with one attached hydrogen (secondary N) is 1. The summed E-state index contributed by atoms with van der Waals surface area (Å²) in [7, 11) is 1.60. The topological polar surface area (TPSA) is 110 Å². The van der Waals surface area contributed by atoms with Crippen molar-refractivity contribution in [3.63, 3.8) is 0 Å². The number of aromatic nitrogens is 1. The maximum absolute atomic E-state index is 13.7. The van der Waals surface area contributed by atoms with E-state index in [0.717, 1.165) is 35.0 Å². The van der Waals surface area contributed by atoms with Crippen LogP contribution in [-0.2, 0) is 4.79 Å². The number of primary amides is 1. The SMILES string of the molecule is COc1ccc(-n2c(C)cc(/C=C(\C#N)C(=O)Nc3ccc(F)c(C(N)=O)c3)c2C)cc1. The van der Waals surface area contributed by atoms with Crippen LogP contribution < -0.4 is 15.8 Å². The van der Waals surface area contributed by atoms with Crippen molar-refractivity contribution in [3.05, 3.63) is 82.4 Å². The minimum atomic E-state index is -0.958. The molecule has 8 heteroatoms. The van der Waals surface area contributed by atoms with Crippen molar-refractivity contribution in [2.75, 3.05) is 12.4 Å². The predicted octanol–water partition coefficient (Wildman–Crippen LogP) is 3.89. The van der Waals surface area contributed by atoms with Crippen LogP contribution in [0.3, 0.4) is 0 Å². The smallest absolute Gasteiger partial charge is 0.266 e. The summed E-state index contributed by atoms with van der Waals surface area (Å²) < 4.78 is 20.8. The van der Waals surface area contributed by atoms with E-state index < -0.39 is 17.6 Å². The number of hydrogen-bond acceptors (Lipinski definition) is 4. The highest BCUT2D eigenvalue weighted by Crippen LogP contribution is 2.25. The number of aryl methyl sites for hydroxylation is 1. The second-order valence-corrected chi connectivity index (χ2v) is 7.04. The standard InChI is InChI=1S/C24H21FN4O3/c1-14-10-16(15(2)29(14)19-5-7-20(32-3)8-6-19)11-17(13-26)24(31)28-18-4-9-22(25)21(12-18)23(27)30/h4-12H,1-3H3,(H2,27,30)(H,28,31)/b17-11+. The van der Waals surface area contributed by atoms with Gasteiger partial charge in [-0.1, -0.05) is 0 Å². The van der Waals surface area contributed by atoms with Gasteiger partial charge < -0.3 is 20.4 Å². The minimum Gasteiger partial charge on any atom is -0.497 e. The third kappa shape index (κ3) is 4.52. The largest absolute Gasteiger partial charge is 0.497 e. The number of carbonyl (C=O) groups excluding carboxylic acids is 2. The molecule has 2 aromatic carbocycles. The molecule has 3 rings (SSSR count). The van der Waals surface area contributed by atoms with Gasteiger partial charge in [0.25, 0.3) is 11.8 Å². The summed E-state index contributed by atoms with van der Waals surface area (Å²) in [6, 6.07) is 14.7. The van der Waals surface area contributed by atoms with E-state index in [0.29, 0.717) is 5.56 Å². The van der Waals surface area contributed by atoms with Gasteiger partial charge >= 0.3 is 0 Å². The highest BCUT2D eigenvalue weighted by Gasteiger charge is 2.16. The first-order valence-corrected chi connectivity index (χ1v) is 9.61. The van der Waals surface area contributed by atoms with Crippen LogP contribution in [-0.4, -0.2) is 23.5 Å². The summed E-state index contributed by atoms with van der Waals surface area (Å²) in [4.78, 5) is 23.9. The normalized spacial score (nSPS) is 11.0. The number of ether oxygens (including phenoxy) is 1. The lowest BCUT2D eigenvalue weighted by Gasteiger charge is -2.10. The zero-order valence-electron chi connectivity index (χ0n) is 17.8. The number of nitrogens with zero attached hydrogens (tertiary/aromatic N) is 2. The van der Waals surface area contributed by atoms with E-state index in [1.54, 1.807) is 7.11 Å². The second-order valence-electron chi connectivity index (χ2n) is 7.04. The van der Waals surface area contributed by atoms with E-state index >= 15 is 0 Å². The van der Waals surface area contributed by atoms with Gasteiger partial charge in [0.1, 0.15) is 23.2 Å². The first kappa shape index (κ1) is 22.3. The quantitative estimate of drug-likeness (QED) is 0.455. The molecule has 0 bridgehead atoms. The molecule has 2 amide bonds. The van der Waals surface area contributed by atoms with Crippen molar-refractivity contribution < 1.29 is 18.7 Å². The molecule has 1 heterocycles. The second kappa shape index (κ2) is 9.18. The molecule has 0 unspecified atom stereocenters. The number of halogens is 1. The number of nitriles is 1. The van der Waals surface area contributed by atoms with Gasteiger partial charge in [0.2, 0.25) is 0 Å². The molecule has 3 aromatic rings. The van der Waals surface area contributed by atoms with Crippen LogP contribution >= 0.6 is 0 Å². The molecule has 0 saturated carbocycles. The Balaban J connectivity index is 1.91. The highest BCUT2D eigenvalue weighted by molar-refractivity contribution is 6.10. The monoisotopic (exact) mass is 432 g/mol. The Kier molecular flexibility index (Phi) is 6.40. The molecule has 0 atom stereocenters. The molecule has 0 saturated heterocycles. The van der Waals surface area contributed by atoms with Crippen molar-refractivity contribution in [1.82, 2.24) is 4.57 Å². The number of benzene rings is 2. The molecule has 0 aliphatic rings. The average Bonchev–Trinajstić information content (AvgIpc) is 3.05. The van der Waals surface area contributed by atoms with Gasteiger partial charge in [-0.05, 0) is 74.0 Å². The lowest BCUT2D eigenvalue weighted by Crippen LogP contribution is -2.16. The number of methoxy groups -OCH3 is 1. The highest BCUT2D eigenvalue weighted by atomic mass is 19.1. The van der Waals surface area contributed by atoms with Gasteiger partial charge in [0.05, 0.1) is 12.7 Å². The molecule has 0 fully saturated rings. The van der Waals surface area contributed by atoms with Gasteiger partial charge in [-0.3, -0.25) is 9.59 Å². The maximum atomic E-state index is 13.7. The summed E-state index contributed by atoms with van der Waals surface area (Å²) >= 11 is 0.